The highest BCUT2D eigenvalue weighted by Crippen LogP contribution is 2.41. The predicted molar refractivity (Wildman–Crippen MR) is 52.0 cm³/mol. The van der Waals surface area contributed by atoms with E-state index in [9.17, 15) is 4.39 Å². The Kier molecular flexibility index (Phi) is 2.76. The van der Waals surface area contributed by atoms with Gasteiger partial charge in [-0.3, -0.25) is 0 Å². The fraction of sp³-hybridized carbons (Fsp3) is 1.00. The molecule has 0 unspecified atom stereocenters. The van der Waals surface area contributed by atoms with Gasteiger partial charge in [-0.15, -0.1) is 0 Å². The third-order valence-electron chi connectivity index (χ3n) is 2.35. The second-order valence-electron chi connectivity index (χ2n) is 4.02. The Morgan fingerprint density at radius 3 is 2.64 bits per heavy atom. The van der Waals surface area contributed by atoms with Crippen molar-refractivity contribution in [2.45, 2.75) is 43.5 Å². The molecular formula is C9H15FO3S. The van der Waals surface area contributed by atoms with Gasteiger partial charge in [0.2, 0.25) is 0 Å². The van der Waals surface area contributed by atoms with Crippen molar-refractivity contribution < 1.29 is 18.6 Å². The maximum absolute atomic E-state index is 13.8. The van der Waals surface area contributed by atoms with E-state index in [0.29, 0.717) is 0 Å². The third-order valence-corrected chi connectivity index (χ3v) is 3.33. The summed E-state index contributed by atoms with van der Waals surface area (Å²) < 4.78 is 29.7. The SMILES string of the molecule is CO[C@@H]1OC(C)(C)O[C@@H]1[C@@H](F)[C@H]1CS1. The molecule has 2 aliphatic heterocycles. The summed E-state index contributed by atoms with van der Waals surface area (Å²) in [6, 6.07) is 0. The van der Waals surface area contributed by atoms with Crippen LogP contribution in [0.15, 0.2) is 0 Å². The summed E-state index contributed by atoms with van der Waals surface area (Å²) in [7, 11) is 1.51. The van der Waals surface area contributed by atoms with Crippen LogP contribution in [0.1, 0.15) is 13.8 Å². The zero-order valence-corrected chi connectivity index (χ0v) is 9.34. The largest absolute Gasteiger partial charge is 0.353 e. The number of halogens is 1. The highest BCUT2D eigenvalue weighted by molar-refractivity contribution is 8.06. The van der Waals surface area contributed by atoms with Gasteiger partial charge < -0.3 is 14.2 Å². The molecule has 0 N–H and O–H groups in total. The van der Waals surface area contributed by atoms with Crippen LogP contribution in [0.25, 0.3) is 0 Å². The molecule has 2 fully saturated rings. The second-order valence-corrected chi connectivity index (χ2v) is 5.29. The molecule has 0 bridgehead atoms. The molecule has 0 aromatic carbocycles. The van der Waals surface area contributed by atoms with Crippen LogP contribution in [0.4, 0.5) is 4.39 Å². The molecule has 3 nitrogen and oxygen atoms in total. The van der Waals surface area contributed by atoms with Gasteiger partial charge in [0.25, 0.3) is 0 Å². The molecule has 82 valence electrons. The van der Waals surface area contributed by atoms with Crippen molar-refractivity contribution in [2.24, 2.45) is 0 Å². The summed E-state index contributed by atoms with van der Waals surface area (Å²) in [6.07, 6.45) is -2.16. The lowest BCUT2D eigenvalue weighted by atomic mass is 10.2. The van der Waals surface area contributed by atoms with Crippen LogP contribution in [0.5, 0.6) is 0 Å². The molecule has 0 amide bonds. The number of hydrogen-bond acceptors (Lipinski definition) is 4. The maximum Gasteiger partial charge on any atom is 0.189 e. The van der Waals surface area contributed by atoms with Gasteiger partial charge in [-0.2, -0.15) is 11.8 Å². The number of methoxy groups -OCH3 is 1. The molecule has 2 aliphatic rings. The van der Waals surface area contributed by atoms with Gasteiger partial charge in [0.05, 0.1) is 0 Å². The van der Waals surface area contributed by atoms with Crippen molar-refractivity contribution in [3.63, 3.8) is 0 Å². The molecule has 0 saturated carbocycles. The van der Waals surface area contributed by atoms with Gasteiger partial charge in [-0.25, -0.2) is 4.39 Å². The van der Waals surface area contributed by atoms with E-state index >= 15 is 0 Å². The summed E-state index contributed by atoms with van der Waals surface area (Å²) in [5.41, 5.74) is 0. The van der Waals surface area contributed by atoms with Crippen LogP contribution in [-0.2, 0) is 14.2 Å². The van der Waals surface area contributed by atoms with Crippen molar-refractivity contribution in [2.75, 3.05) is 12.9 Å². The predicted octanol–water partition coefficient (Wildman–Crippen LogP) is 1.56. The average Bonchev–Trinajstić information content (AvgIpc) is 2.89. The van der Waals surface area contributed by atoms with Crippen molar-refractivity contribution >= 4 is 11.8 Å². The molecule has 0 aromatic heterocycles. The Labute approximate surface area is 87.3 Å². The fourth-order valence-electron chi connectivity index (χ4n) is 1.61. The molecule has 2 rings (SSSR count). The van der Waals surface area contributed by atoms with E-state index in [1.807, 2.05) is 0 Å². The minimum absolute atomic E-state index is 0.0650. The molecule has 2 heterocycles. The standard InChI is InChI=1S/C9H15FO3S/c1-9(2)12-7(8(11-3)13-9)6(10)5-4-14-5/h5-8H,4H2,1-3H3/t5-,6+,7-,8-/m1/s1. The highest BCUT2D eigenvalue weighted by Gasteiger charge is 2.50. The Morgan fingerprint density at radius 2 is 2.14 bits per heavy atom. The first kappa shape index (κ1) is 10.7. The minimum atomic E-state index is -0.994. The fourth-order valence-corrected chi connectivity index (χ4v) is 2.24. The van der Waals surface area contributed by atoms with Gasteiger partial charge in [0.1, 0.15) is 12.3 Å². The van der Waals surface area contributed by atoms with Gasteiger partial charge in [0.15, 0.2) is 12.1 Å². The van der Waals surface area contributed by atoms with Crippen LogP contribution in [-0.4, -0.2) is 42.5 Å². The molecule has 0 spiro atoms. The van der Waals surface area contributed by atoms with Crippen molar-refractivity contribution in [1.82, 2.24) is 0 Å². The summed E-state index contributed by atoms with van der Waals surface area (Å²) in [4.78, 5) is 0. The maximum atomic E-state index is 13.8. The van der Waals surface area contributed by atoms with Gasteiger partial charge >= 0.3 is 0 Å². The molecule has 4 atom stereocenters. The van der Waals surface area contributed by atoms with E-state index in [4.69, 9.17) is 14.2 Å². The zero-order valence-electron chi connectivity index (χ0n) is 8.53. The Hall–Kier alpha value is 0.160. The first-order chi connectivity index (χ1) is 6.53. The molecule has 2 saturated heterocycles. The molecule has 0 radical (unpaired) electrons. The van der Waals surface area contributed by atoms with Crippen LogP contribution in [0.2, 0.25) is 0 Å². The molecule has 5 heteroatoms. The summed E-state index contributed by atoms with van der Waals surface area (Å²) in [5, 5.41) is 0.0650. The van der Waals surface area contributed by atoms with E-state index in [1.54, 1.807) is 25.6 Å². The van der Waals surface area contributed by atoms with Crippen LogP contribution in [0.3, 0.4) is 0 Å². The quantitative estimate of drug-likeness (QED) is 0.677. The molecule has 14 heavy (non-hydrogen) atoms. The summed E-state index contributed by atoms with van der Waals surface area (Å²) in [5.74, 6) is 0.132. The number of ether oxygens (including phenoxy) is 3. The number of alkyl halides is 1. The van der Waals surface area contributed by atoms with E-state index in [2.05, 4.69) is 0 Å². The average molecular weight is 222 g/mol. The van der Waals surface area contributed by atoms with Gasteiger partial charge in [0, 0.05) is 18.1 Å². The molecule has 0 aliphatic carbocycles. The monoisotopic (exact) mass is 222 g/mol. The lowest BCUT2D eigenvalue weighted by Gasteiger charge is -2.18. The van der Waals surface area contributed by atoms with Crippen LogP contribution in [0, 0.1) is 0 Å². The number of hydrogen-bond donors (Lipinski definition) is 0. The molecule has 0 aromatic rings. The number of rotatable bonds is 3. The van der Waals surface area contributed by atoms with Crippen LogP contribution >= 0.6 is 11.8 Å². The zero-order chi connectivity index (χ0) is 10.3. The lowest BCUT2D eigenvalue weighted by molar-refractivity contribution is -0.182. The Morgan fingerprint density at radius 1 is 1.50 bits per heavy atom. The Bertz CT molecular complexity index is 220. The van der Waals surface area contributed by atoms with E-state index in [1.165, 1.54) is 7.11 Å². The lowest BCUT2D eigenvalue weighted by Crippen LogP contribution is -2.36. The van der Waals surface area contributed by atoms with E-state index < -0.39 is 24.4 Å². The third kappa shape index (κ3) is 2.05. The smallest absolute Gasteiger partial charge is 0.189 e. The van der Waals surface area contributed by atoms with Gasteiger partial charge in [-0.05, 0) is 13.8 Å². The van der Waals surface area contributed by atoms with Crippen molar-refractivity contribution in [1.29, 1.82) is 0 Å². The normalized spacial score (nSPS) is 42.4. The Balaban J connectivity index is 2.02. The minimum Gasteiger partial charge on any atom is -0.353 e. The number of thioether (sulfide) groups is 1. The van der Waals surface area contributed by atoms with Crippen molar-refractivity contribution in [3.8, 4) is 0 Å². The highest BCUT2D eigenvalue weighted by atomic mass is 32.2. The van der Waals surface area contributed by atoms with Crippen molar-refractivity contribution in [3.05, 3.63) is 0 Å². The van der Waals surface area contributed by atoms with Crippen LogP contribution < -0.4 is 0 Å². The van der Waals surface area contributed by atoms with E-state index in [-0.39, 0.29) is 5.25 Å². The summed E-state index contributed by atoms with van der Waals surface area (Å²) in [6.45, 7) is 3.54. The molecular weight excluding hydrogens is 207 g/mol. The summed E-state index contributed by atoms with van der Waals surface area (Å²) >= 11 is 1.61. The van der Waals surface area contributed by atoms with E-state index in [0.717, 1.165) is 5.75 Å². The second kappa shape index (κ2) is 3.63. The first-order valence-electron chi connectivity index (χ1n) is 4.67. The van der Waals surface area contributed by atoms with Gasteiger partial charge in [-0.1, -0.05) is 0 Å². The first-order valence-corrected chi connectivity index (χ1v) is 5.72. The topological polar surface area (TPSA) is 27.7 Å².